The van der Waals surface area contributed by atoms with Gasteiger partial charge in [0.25, 0.3) is 0 Å². The van der Waals surface area contributed by atoms with E-state index in [1.165, 1.54) is 52.7 Å². The Morgan fingerprint density at radius 1 is 1.11 bits per heavy atom. The van der Waals surface area contributed by atoms with E-state index in [0.717, 1.165) is 12.8 Å². The lowest BCUT2D eigenvalue weighted by Crippen LogP contribution is -1.96. The fourth-order valence-corrected chi connectivity index (χ4v) is 3.12. The maximum atomic E-state index is 4.53. The molecule has 2 aromatic rings. The highest BCUT2D eigenvalue weighted by atomic mass is 79.9. The van der Waals surface area contributed by atoms with Crippen molar-refractivity contribution in [3.63, 3.8) is 0 Å². The molecule has 3 heteroatoms. The molecule has 1 aliphatic rings. The molecule has 0 fully saturated rings. The SMILES string of the molecule is Brc1ccccc1Cc1n[nH]c2c1CCCCC2. The van der Waals surface area contributed by atoms with E-state index < -0.39 is 0 Å². The van der Waals surface area contributed by atoms with Crippen molar-refractivity contribution in [3.8, 4) is 0 Å². The Balaban J connectivity index is 1.89. The Morgan fingerprint density at radius 3 is 2.83 bits per heavy atom. The molecular weight excluding hydrogens is 288 g/mol. The van der Waals surface area contributed by atoms with Gasteiger partial charge in [-0.05, 0) is 42.9 Å². The monoisotopic (exact) mass is 304 g/mol. The zero-order chi connectivity index (χ0) is 12.4. The molecule has 3 rings (SSSR count). The minimum absolute atomic E-state index is 0.924. The largest absolute Gasteiger partial charge is 0.282 e. The van der Waals surface area contributed by atoms with E-state index in [0.29, 0.717) is 0 Å². The van der Waals surface area contributed by atoms with Crippen molar-refractivity contribution in [2.75, 3.05) is 0 Å². The van der Waals surface area contributed by atoms with Crippen LogP contribution in [-0.2, 0) is 19.3 Å². The predicted molar refractivity (Wildman–Crippen MR) is 76.8 cm³/mol. The van der Waals surface area contributed by atoms with Crippen LogP contribution < -0.4 is 0 Å². The third-order valence-electron chi connectivity index (χ3n) is 3.71. The summed E-state index contributed by atoms with van der Waals surface area (Å²) in [7, 11) is 0. The fourth-order valence-electron chi connectivity index (χ4n) is 2.69. The summed E-state index contributed by atoms with van der Waals surface area (Å²) in [5.74, 6) is 0. The van der Waals surface area contributed by atoms with Crippen LogP contribution in [0.5, 0.6) is 0 Å². The zero-order valence-electron chi connectivity index (χ0n) is 10.4. The highest BCUT2D eigenvalue weighted by molar-refractivity contribution is 9.10. The molecule has 0 aliphatic heterocycles. The number of nitrogens with zero attached hydrogens (tertiary/aromatic N) is 1. The Labute approximate surface area is 116 Å². The smallest absolute Gasteiger partial charge is 0.0701 e. The van der Waals surface area contributed by atoms with Gasteiger partial charge in [-0.2, -0.15) is 5.10 Å². The van der Waals surface area contributed by atoms with Gasteiger partial charge in [0.05, 0.1) is 5.69 Å². The van der Waals surface area contributed by atoms with Gasteiger partial charge >= 0.3 is 0 Å². The average molecular weight is 305 g/mol. The molecule has 1 aromatic carbocycles. The van der Waals surface area contributed by atoms with E-state index in [2.05, 4.69) is 50.4 Å². The molecule has 94 valence electrons. The molecule has 0 spiro atoms. The number of hydrogen-bond acceptors (Lipinski definition) is 1. The van der Waals surface area contributed by atoms with Crippen LogP contribution in [0.4, 0.5) is 0 Å². The van der Waals surface area contributed by atoms with Gasteiger partial charge in [-0.1, -0.05) is 40.5 Å². The summed E-state index contributed by atoms with van der Waals surface area (Å²) in [5.41, 5.74) is 5.40. The van der Waals surface area contributed by atoms with E-state index in [9.17, 15) is 0 Å². The van der Waals surface area contributed by atoms with Crippen molar-refractivity contribution in [1.82, 2.24) is 10.2 Å². The standard InChI is InChI=1S/C15H17BrN2/c16-13-8-5-4-6-11(13)10-15-12-7-2-1-3-9-14(12)17-18-15/h4-6,8H,1-3,7,9-10H2,(H,17,18). The lowest BCUT2D eigenvalue weighted by atomic mass is 10.0. The molecule has 0 saturated carbocycles. The van der Waals surface area contributed by atoms with Gasteiger partial charge in [0.1, 0.15) is 0 Å². The van der Waals surface area contributed by atoms with Gasteiger partial charge in [-0.25, -0.2) is 0 Å². The van der Waals surface area contributed by atoms with Crippen LogP contribution >= 0.6 is 15.9 Å². The van der Waals surface area contributed by atoms with E-state index in [-0.39, 0.29) is 0 Å². The van der Waals surface area contributed by atoms with Gasteiger partial charge in [0.15, 0.2) is 0 Å². The highest BCUT2D eigenvalue weighted by Gasteiger charge is 2.16. The molecular formula is C15H17BrN2. The number of halogens is 1. The molecule has 18 heavy (non-hydrogen) atoms. The number of aromatic nitrogens is 2. The van der Waals surface area contributed by atoms with E-state index in [1.54, 1.807) is 0 Å². The second kappa shape index (κ2) is 5.27. The number of aromatic amines is 1. The second-order valence-corrected chi connectivity index (χ2v) is 5.81. The molecule has 1 N–H and O–H groups in total. The van der Waals surface area contributed by atoms with Crippen LogP contribution in [-0.4, -0.2) is 10.2 Å². The Hall–Kier alpha value is -1.09. The number of benzene rings is 1. The average Bonchev–Trinajstić information content (AvgIpc) is 2.62. The maximum absolute atomic E-state index is 4.53. The van der Waals surface area contributed by atoms with Crippen LogP contribution in [0.15, 0.2) is 28.7 Å². The quantitative estimate of drug-likeness (QED) is 0.834. The van der Waals surface area contributed by atoms with Gasteiger partial charge in [0, 0.05) is 16.6 Å². The van der Waals surface area contributed by atoms with E-state index in [4.69, 9.17) is 0 Å². The van der Waals surface area contributed by atoms with Crippen LogP contribution in [0.3, 0.4) is 0 Å². The second-order valence-electron chi connectivity index (χ2n) is 4.96. The normalized spacial score (nSPS) is 15.2. The third kappa shape index (κ3) is 2.37. The number of nitrogens with one attached hydrogen (secondary N) is 1. The topological polar surface area (TPSA) is 28.7 Å². The maximum Gasteiger partial charge on any atom is 0.0701 e. The lowest BCUT2D eigenvalue weighted by Gasteiger charge is -2.04. The van der Waals surface area contributed by atoms with Crippen molar-refractivity contribution < 1.29 is 0 Å². The van der Waals surface area contributed by atoms with Crippen LogP contribution in [0.2, 0.25) is 0 Å². The number of hydrogen-bond donors (Lipinski definition) is 1. The summed E-state index contributed by atoms with van der Waals surface area (Å²) in [4.78, 5) is 0. The Bertz CT molecular complexity index is 545. The predicted octanol–water partition coefficient (Wildman–Crippen LogP) is 4.03. The summed E-state index contributed by atoms with van der Waals surface area (Å²) < 4.78 is 1.18. The minimum atomic E-state index is 0.924. The first-order valence-electron chi connectivity index (χ1n) is 6.63. The fraction of sp³-hybridized carbons (Fsp3) is 0.400. The zero-order valence-corrected chi connectivity index (χ0v) is 12.0. The summed E-state index contributed by atoms with van der Waals surface area (Å²) in [6.45, 7) is 0. The van der Waals surface area contributed by atoms with Crippen molar-refractivity contribution in [1.29, 1.82) is 0 Å². The Kier molecular flexibility index (Phi) is 3.50. The van der Waals surface area contributed by atoms with E-state index >= 15 is 0 Å². The highest BCUT2D eigenvalue weighted by Crippen LogP contribution is 2.25. The van der Waals surface area contributed by atoms with Crippen LogP contribution in [0, 0.1) is 0 Å². The van der Waals surface area contributed by atoms with Crippen molar-refractivity contribution >= 4 is 15.9 Å². The van der Waals surface area contributed by atoms with Gasteiger partial charge in [-0.3, -0.25) is 5.10 Å². The first kappa shape index (κ1) is 12.0. The first-order valence-corrected chi connectivity index (χ1v) is 7.42. The van der Waals surface area contributed by atoms with Gasteiger partial charge in [0.2, 0.25) is 0 Å². The van der Waals surface area contributed by atoms with Crippen molar-refractivity contribution in [2.24, 2.45) is 0 Å². The molecule has 0 amide bonds. The summed E-state index contributed by atoms with van der Waals surface area (Å²) >= 11 is 3.62. The number of rotatable bonds is 2. The van der Waals surface area contributed by atoms with Gasteiger partial charge < -0.3 is 0 Å². The molecule has 0 saturated heterocycles. The Morgan fingerprint density at radius 2 is 1.94 bits per heavy atom. The third-order valence-corrected chi connectivity index (χ3v) is 4.48. The summed E-state index contributed by atoms with van der Waals surface area (Å²) in [6.07, 6.45) is 7.22. The van der Waals surface area contributed by atoms with Crippen LogP contribution in [0.1, 0.15) is 41.8 Å². The van der Waals surface area contributed by atoms with E-state index in [1.807, 2.05) is 0 Å². The lowest BCUT2D eigenvalue weighted by molar-refractivity contribution is 0.699. The van der Waals surface area contributed by atoms with Crippen molar-refractivity contribution in [2.45, 2.75) is 38.5 Å². The molecule has 2 nitrogen and oxygen atoms in total. The number of fused-ring (bicyclic) bond motifs is 1. The summed E-state index contributed by atoms with van der Waals surface area (Å²) in [5, 5.41) is 7.77. The molecule has 0 bridgehead atoms. The summed E-state index contributed by atoms with van der Waals surface area (Å²) in [6, 6.07) is 8.41. The molecule has 1 aliphatic carbocycles. The van der Waals surface area contributed by atoms with Gasteiger partial charge in [-0.15, -0.1) is 0 Å². The number of aryl methyl sites for hydroxylation is 1. The van der Waals surface area contributed by atoms with Crippen LogP contribution in [0.25, 0.3) is 0 Å². The van der Waals surface area contributed by atoms with Crippen molar-refractivity contribution in [3.05, 3.63) is 51.3 Å². The molecule has 0 atom stereocenters. The molecule has 0 radical (unpaired) electrons. The minimum Gasteiger partial charge on any atom is -0.282 e. The first-order chi connectivity index (χ1) is 8.84. The number of H-pyrrole nitrogens is 1. The molecule has 1 heterocycles. The molecule has 1 aromatic heterocycles. The molecule has 0 unspecified atom stereocenters.